The molecule has 5 nitrogen and oxygen atoms in total. The average molecular weight is 386 g/mol. The van der Waals surface area contributed by atoms with Crippen molar-refractivity contribution in [2.24, 2.45) is 5.41 Å². The molecule has 1 amide bonds. The number of amides is 1. The van der Waals surface area contributed by atoms with Crippen LogP contribution in [-0.2, 0) is 14.6 Å². The first kappa shape index (κ1) is 18.7. The molecule has 1 heterocycles. The van der Waals surface area contributed by atoms with E-state index >= 15 is 0 Å². The lowest BCUT2D eigenvalue weighted by molar-refractivity contribution is -0.0707. The molecule has 1 aromatic rings. The molecular weight excluding hydrogens is 362 g/mol. The third kappa shape index (κ3) is 3.57. The molecule has 1 aliphatic carbocycles. The van der Waals surface area contributed by atoms with Crippen molar-refractivity contribution in [3.05, 3.63) is 28.8 Å². The van der Waals surface area contributed by atoms with E-state index in [1.54, 1.807) is 11.8 Å². The molecule has 2 aliphatic rings. The highest BCUT2D eigenvalue weighted by atomic mass is 35.5. The molecule has 1 spiro atoms. The first-order valence-corrected chi connectivity index (χ1v) is 10.8. The quantitative estimate of drug-likeness (QED) is 0.780. The minimum atomic E-state index is -3.37. The third-order valence-corrected chi connectivity index (χ3v) is 7.42. The van der Waals surface area contributed by atoms with Crippen molar-refractivity contribution in [2.45, 2.75) is 44.1 Å². The summed E-state index contributed by atoms with van der Waals surface area (Å²) in [7, 11) is -3.37. The van der Waals surface area contributed by atoms with E-state index in [-0.39, 0.29) is 27.5 Å². The highest BCUT2D eigenvalue weighted by Gasteiger charge is 2.50. The Morgan fingerprint density at radius 1 is 1.36 bits per heavy atom. The van der Waals surface area contributed by atoms with Crippen LogP contribution >= 0.6 is 11.6 Å². The van der Waals surface area contributed by atoms with Crippen molar-refractivity contribution in [1.82, 2.24) is 4.90 Å². The van der Waals surface area contributed by atoms with E-state index in [9.17, 15) is 13.2 Å². The van der Waals surface area contributed by atoms with Gasteiger partial charge >= 0.3 is 0 Å². The second-order valence-corrected chi connectivity index (χ2v) is 9.69. The topological polar surface area (TPSA) is 63.7 Å². The van der Waals surface area contributed by atoms with E-state index in [0.29, 0.717) is 24.2 Å². The number of halogens is 1. The predicted molar refractivity (Wildman–Crippen MR) is 96.8 cm³/mol. The highest BCUT2D eigenvalue weighted by molar-refractivity contribution is 7.91. The molecule has 138 valence electrons. The van der Waals surface area contributed by atoms with Gasteiger partial charge in [0.25, 0.3) is 5.91 Å². The second kappa shape index (κ2) is 6.89. The molecule has 0 unspecified atom stereocenters. The summed E-state index contributed by atoms with van der Waals surface area (Å²) < 4.78 is 29.8. The molecule has 0 N–H and O–H groups in total. The van der Waals surface area contributed by atoms with Crippen LogP contribution in [0, 0.1) is 5.41 Å². The zero-order valence-electron chi connectivity index (χ0n) is 14.6. The lowest BCUT2D eigenvalue weighted by atomic mass is 9.66. The van der Waals surface area contributed by atoms with Crippen LogP contribution in [0.2, 0.25) is 5.02 Å². The van der Waals surface area contributed by atoms with E-state index in [0.717, 1.165) is 25.9 Å². The van der Waals surface area contributed by atoms with E-state index in [2.05, 4.69) is 0 Å². The Bertz CT molecular complexity index is 771. The van der Waals surface area contributed by atoms with Crippen LogP contribution in [0.1, 0.15) is 43.5 Å². The van der Waals surface area contributed by atoms with Crippen LogP contribution in [-0.4, -0.2) is 50.8 Å². The molecule has 3 rings (SSSR count). The lowest BCUT2D eigenvalue weighted by Gasteiger charge is -2.44. The SMILES string of the molecule is CCOC1CC2(CCN(C(=O)c3cc(S(=O)(=O)CC)ccc3Cl)C2)C1. The number of ether oxygens (including phenoxy) is 1. The molecule has 25 heavy (non-hydrogen) atoms. The first-order valence-electron chi connectivity index (χ1n) is 8.73. The lowest BCUT2D eigenvalue weighted by Crippen LogP contribution is -2.45. The maximum Gasteiger partial charge on any atom is 0.255 e. The Kier molecular flexibility index (Phi) is 5.15. The van der Waals surface area contributed by atoms with Gasteiger partial charge in [0.15, 0.2) is 9.84 Å². The standard InChI is InChI=1S/C18H24ClNO4S/c1-3-24-13-10-18(11-13)7-8-20(12-18)17(21)15-9-14(5-6-16(15)19)25(22,23)4-2/h5-6,9,13H,3-4,7-8,10-12H2,1-2H3. The summed E-state index contributed by atoms with van der Waals surface area (Å²) in [4.78, 5) is 14.8. The van der Waals surface area contributed by atoms with Crippen LogP contribution in [0.15, 0.2) is 23.1 Å². The van der Waals surface area contributed by atoms with E-state index in [1.807, 2.05) is 6.92 Å². The van der Waals surface area contributed by atoms with Gasteiger partial charge in [-0.15, -0.1) is 0 Å². The Hall–Kier alpha value is -1.11. The fraction of sp³-hybridized carbons (Fsp3) is 0.611. The minimum absolute atomic E-state index is 0.00605. The summed E-state index contributed by atoms with van der Waals surface area (Å²) in [5.41, 5.74) is 0.434. The number of nitrogens with zero attached hydrogens (tertiary/aromatic N) is 1. The van der Waals surface area contributed by atoms with Crippen molar-refractivity contribution in [2.75, 3.05) is 25.4 Å². The van der Waals surface area contributed by atoms with Gasteiger partial charge in [0.1, 0.15) is 0 Å². The molecule has 1 saturated carbocycles. The van der Waals surface area contributed by atoms with Gasteiger partial charge < -0.3 is 9.64 Å². The molecule has 1 saturated heterocycles. The zero-order valence-corrected chi connectivity index (χ0v) is 16.2. The van der Waals surface area contributed by atoms with Crippen LogP contribution in [0.5, 0.6) is 0 Å². The van der Waals surface area contributed by atoms with Gasteiger partial charge in [0, 0.05) is 19.7 Å². The second-order valence-electron chi connectivity index (χ2n) is 7.01. The van der Waals surface area contributed by atoms with Gasteiger partial charge in [-0.05, 0) is 49.8 Å². The fourth-order valence-corrected chi connectivity index (χ4v) is 5.00. The number of benzene rings is 1. The van der Waals surface area contributed by atoms with Crippen LogP contribution in [0.4, 0.5) is 0 Å². The largest absolute Gasteiger partial charge is 0.378 e. The summed E-state index contributed by atoms with van der Waals surface area (Å²) in [6, 6.07) is 4.37. The molecule has 7 heteroatoms. The zero-order chi connectivity index (χ0) is 18.2. The summed E-state index contributed by atoms with van der Waals surface area (Å²) in [5.74, 6) is -0.191. The first-order chi connectivity index (χ1) is 11.8. The van der Waals surface area contributed by atoms with Gasteiger partial charge in [-0.25, -0.2) is 8.42 Å². The normalized spacial score (nSPS) is 26.0. The molecule has 0 aromatic heterocycles. The summed E-state index contributed by atoms with van der Waals surface area (Å²) >= 11 is 6.18. The maximum absolute atomic E-state index is 12.9. The number of hydrogen-bond acceptors (Lipinski definition) is 4. The molecule has 0 bridgehead atoms. The number of rotatable bonds is 5. The van der Waals surface area contributed by atoms with E-state index in [1.165, 1.54) is 18.2 Å². The van der Waals surface area contributed by atoms with Crippen LogP contribution < -0.4 is 0 Å². The van der Waals surface area contributed by atoms with Crippen molar-refractivity contribution in [1.29, 1.82) is 0 Å². The summed E-state index contributed by atoms with van der Waals surface area (Å²) in [5, 5.41) is 0.293. The predicted octanol–water partition coefficient (Wildman–Crippen LogP) is 3.16. The monoisotopic (exact) mass is 385 g/mol. The smallest absolute Gasteiger partial charge is 0.255 e. The Morgan fingerprint density at radius 3 is 2.72 bits per heavy atom. The average Bonchev–Trinajstić information content (AvgIpc) is 3.00. The van der Waals surface area contributed by atoms with Gasteiger partial charge in [-0.1, -0.05) is 18.5 Å². The van der Waals surface area contributed by atoms with Gasteiger partial charge in [-0.3, -0.25) is 4.79 Å². The number of sulfone groups is 1. The van der Waals surface area contributed by atoms with Gasteiger partial charge in [0.05, 0.1) is 27.3 Å². The molecule has 1 aromatic carbocycles. The maximum atomic E-state index is 12.9. The minimum Gasteiger partial charge on any atom is -0.378 e. The molecule has 0 radical (unpaired) electrons. The van der Waals surface area contributed by atoms with E-state index < -0.39 is 9.84 Å². The van der Waals surface area contributed by atoms with E-state index in [4.69, 9.17) is 16.3 Å². The Morgan fingerprint density at radius 2 is 2.08 bits per heavy atom. The molecular formula is C18H24ClNO4S. The van der Waals surface area contributed by atoms with Crippen molar-refractivity contribution < 1.29 is 17.9 Å². The van der Waals surface area contributed by atoms with Gasteiger partial charge in [-0.2, -0.15) is 0 Å². The third-order valence-electron chi connectivity index (χ3n) is 5.36. The molecule has 1 aliphatic heterocycles. The Balaban J connectivity index is 1.75. The fourth-order valence-electron chi connectivity index (χ4n) is 3.90. The van der Waals surface area contributed by atoms with Crippen molar-refractivity contribution in [3.63, 3.8) is 0 Å². The molecule has 2 fully saturated rings. The highest BCUT2D eigenvalue weighted by Crippen LogP contribution is 2.49. The number of likely N-dealkylation sites (tertiary alicyclic amines) is 1. The van der Waals surface area contributed by atoms with Gasteiger partial charge in [0.2, 0.25) is 0 Å². The summed E-state index contributed by atoms with van der Waals surface area (Å²) in [6.07, 6.45) is 3.25. The summed E-state index contributed by atoms with van der Waals surface area (Å²) in [6.45, 7) is 5.67. The van der Waals surface area contributed by atoms with Crippen LogP contribution in [0.25, 0.3) is 0 Å². The molecule has 0 atom stereocenters. The van der Waals surface area contributed by atoms with Crippen LogP contribution in [0.3, 0.4) is 0 Å². The number of hydrogen-bond donors (Lipinski definition) is 0. The van der Waals surface area contributed by atoms with Crippen molar-refractivity contribution >= 4 is 27.3 Å². The Labute approximate surface area is 154 Å². The van der Waals surface area contributed by atoms with Crippen molar-refractivity contribution in [3.8, 4) is 0 Å². The number of carbonyl (C=O) groups excluding carboxylic acids is 1. The number of carbonyl (C=O) groups is 1.